The first-order valence-electron chi connectivity index (χ1n) is 7.57. The number of nitrogens with zero attached hydrogens (tertiary/aromatic N) is 1. The summed E-state index contributed by atoms with van der Waals surface area (Å²) in [4.78, 5) is 2.14. The molecule has 1 atom stereocenters. The fraction of sp³-hybridized carbons (Fsp3) is 0.333. The van der Waals surface area contributed by atoms with Gasteiger partial charge in [-0.3, -0.25) is 0 Å². The molecule has 1 aliphatic rings. The number of aliphatic hydroxyl groups is 1. The molecule has 116 valence electrons. The van der Waals surface area contributed by atoms with E-state index in [4.69, 9.17) is 9.47 Å². The summed E-state index contributed by atoms with van der Waals surface area (Å²) in [5.74, 6) is 1.70. The van der Waals surface area contributed by atoms with Crippen molar-refractivity contribution in [2.75, 3.05) is 31.2 Å². The minimum Gasteiger partial charge on any atom is -0.491 e. The zero-order valence-electron chi connectivity index (χ0n) is 12.7. The fourth-order valence-corrected chi connectivity index (χ4v) is 2.63. The molecule has 4 nitrogen and oxygen atoms in total. The van der Waals surface area contributed by atoms with E-state index in [0.717, 1.165) is 29.3 Å². The molecule has 1 aliphatic heterocycles. The molecule has 2 aromatic carbocycles. The van der Waals surface area contributed by atoms with Gasteiger partial charge in [0, 0.05) is 6.54 Å². The predicted octanol–water partition coefficient (Wildman–Crippen LogP) is 2.63. The number of hydrogen-bond acceptors (Lipinski definition) is 4. The van der Waals surface area contributed by atoms with Gasteiger partial charge in [0.1, 0.15) is 30.8 Å². The van der Waals surface area contributed by atoms with E-state index < -0.39 is 6.10 Å². The van der Waals surface area contributed by atoms with E-state index in [2.05, 4.69) is 4.90 Å². The van der Waals surface area contributed by atoms with Gasteiger partial charge >= 0.3 is 0 Å². The van der Waals surface area contributed by atoms with E-state index in [1.54, 1.807) is 0 Å². The summed E-state index contributed by atoms with van der Waals surface area (Å²) in [6, 6.07) is 15.8. The molecule has 0 bridgehead atoms. The molecule has 0 radical (unpaired) electrons. The third-order valence-electron chi connectivity index (χ3n) is 3.78. The topological polar surface area (TPSA) is 41.9 Å². The van der Waals surface area contributed by atoms with E-state index in [9.17, 15) is 5.11 Å². The molecule has 0 spiro atoms. The van der Waals surface area contributed by atoms with Crippen LogP contribution in [-0.2, 0) is 0 Å². The van der Waals surface area contributed by atoms with Gasteiger partial charge in [-0.15, -0.1) is 0 Å². The minimum absolute atomic E-state index is 0.282. The summed E-state index contributed by atoms with van der Waals surface area (Å²) in [7, 11) is 0. The zero-order chi connectivity index (χ0) is 15.4. The first-order chi connectivity index (χ1) is 10.7. The summed E-state index contributed by atoms with van der Waals surface area (Å²) >= 11 is 0. The minimum atomic E-state index is -0.550. The number of hydrogen-bond donors (Lipinski definition) is 1. The van der Waals surface area contributed by atoms with Crippen molar-refractivity contribution in [3.8, 4) is 11.5 Å². The molecule has 4 heteroatoms. The van der Waals surface area contributed by atoms with Crippen LogP contribution >= 0.6 is 0 Å². The fourth-order valence-electron chi connectivity index (χ4n) is 2.63. The Balaban J connectivity index is 1.59. The van der Waals surface area contributed by atoms with Crippen LogP contribution in [0.4, 0.5) is 5.69 Å². The Kier molecular flexibility index (Phi) is 4.49. The molecule has 0 aromatic heterocycles. The number of benzene rings is 2. The molecule has 22 heavy (non-hydrogen) atoms. The Labute approximate surface area is 130 Å². The number of anilines is 1. The number of aliphatic hydroxyl groups excluding tert-OH is 1. The van der Waals surface area contributed by atoms with Crippen LogP contribution in [0.1, 0.15) is 5.56 Å². The third kappa shape index (κ3) is 3.34. The van der Waals surface area contributed by atoms with Gasteiger partial charge in [-0.05, 0) is 30.7 Å². The maximum Gasteiger partial charge on any atom is 0.142 e. The van der Waals surface area contributed by atoms with E-state index in [1.807, 2.05) is 55.5 Å². The lowest BCUT2D eigenvalue weighted by molar-refractivity contribution is 0.110. The molecular weight excluding hydrogens is 278 g/mol. The van der Waals surface area contributed by atoms with E-state index in [0.29, 0.717) is 13.2 Å². The van der Waals surface area contributed by atoms with Crippen LogP contribution in [0.3, 0.4) is 0 Å². The van der Waals surface area contributed by atoms with E-state index in [-0.39, 0.29) is 6.61 Å². The van der Waals surface area contributed by atoms with E-state index >= 15 is 0 Å². The number of fused-ring (bicyclic) bond motifs is 1. The smallest absolute Gasteiger partial charge is 0.142 e. The van der Waals surface area contributed by atoms with Gasteiger partial charge in [0.25, 0.3) is 0 Å². The molecule has 0 amide bonds. The third-order valence-corrected chi connectivity index (χ3v) is 3.78. The Bertz CT molecular complexity index is 629. The largest absolute Gasteiger partial charge is 0.491 e. The average Bonchev–Trinajstić information content (AvgIpc) is 2.54. The Hall–Kier alpha value is -2.20. The Morgan fingerprint density at radius 2 is 1.95 bits per heavy atom. The Morgan fingerprint density at radius 1 is 1.18 bits per heavy atom. The molecule has 0 saturated carbocycles. The summed E-state index contributed by atoms with van der Waals surface area (Å²) in [6.45, 7) is 4.23. The normalized spacial score (nSPS) is 14.9. The molecule has 2 aromatic rings. The second-order valence-corrected chi connectivity index (χ2v) is 5.49. The summed E-state index contributed by atoms with van der Waals surface area (Å²) in [5, 5.41) is 10.3. The number of rotatable bonds is 5. The second-order valence-electron chi connectivity index (χ2n) is 5.49. The highest BCUT2D eigenvalue weighted by molar-refractivity contribution is 5.59. The highest BCUT2D eigenvalue weighted by atomic mass is 16.5. The quantitative estimate of drug-likeness (QED) is 0.921. The molecule has 1 heterocycles. The van der Waals surface area contributed by atoms with Crippen molar-refractivity contribution in [3.63, 3.8) is 0 Å². The number of para-hydroxylation sites is 3. The number of β-amino-alcohol motifs (C(OH)–C–C–N with tert-alkyl or cyclic N) is 1. The molecule has 1 unspecified atom stereocenters. The van der Waals surface area contributed by atoms with Crippen molar-refractivity contribution in [1.29, 1.82) is 0 Å². The Morgan fingerprint density at radius 3 is 2.82 bits per heavy atom. The maximum atomic E-state index is 10.3. The van der Waals surface area contributed by atoms with Gasteiger partial charge in [0.05, 0.1) is 12.2 Å². The van der Waals surface area contributed by atoms with Crippen LogP contribution in [0, 0.1) is 6.92 Å². The highest BCUT2D eigenvalue weighted by Crippen LogP contribution is 2.30. The van der Waals surface area contributed by atoms with Gasteiger partial charge < -0.3 is 19.5 Å². The van der Waals surface area contributed by atoms with Gasteiger partial charge in [-0.25, -0.2) is 0 Å². The van der Waals surface area contributed by atoms with Crippen molar-refractivity contribution in [3.05, 3.63) is 54.1 Å². The van der Waals surface area contributed by atoms with Crippen LogP contribution in [0.2, 0.25) is 0 Å². The van der Waals surface area contributed by atoms with Gasteiger partial charge in [-0.1, -0.05) is 30.3 Å². The molecule has 0 fully saturated rings. The summed E-state index contributed by atoms with van der Waals surface area (Å²) < 4.78 is 11.3. The van der Waals surface area contributed by atoms with Gasteiger partial charge in [0.15, 0.2) is 0 Å². The molecule has 0 aliphatic carbocycles. The number of ether oxygens (including phenoxy) is 2. The van der Waals surface area contributed by atoms with Crippen LogP contribution in [-0.4, -0.2) is 37.5 Å². The maximum absolute atomic E-state index is 10.3. The van der Waals surface area contributed by atoms with Crippen molar-refractivity contribution in [2.45, 2.75) is 13.0 Å². The second kappa shape index (κ2) is 6.71. The number of aryl methyl sites for hydroxylation is 1. The summed E-state index contributed by atoms with van der Waals surface area (Å²) in [6.07, 6.45) is -0.550. The highest BCUT2D eigenvalue weighted by Gasteiger charge is 2.20. The molecule has 1 N–H and O–H groups in total. The van der Waals surface area contributed by atoms with Gasteiger partial charge in [-0.2, -0.15) is 0 Å². The zero-order valence-corrected chi connectivity index (χ0v) is 12.7. The van der Waals surface area contributed by atoms with Crippen LogP contribution in [0.5, 0.6) is 11.5 Å². The lowest BCUT2D eigenvalue weighted by Gasteiger charge is -2.32. The lowest BCUT2D eigenvalue weighted by Crippen LogP contribution is -2.40. The van der Waals surface area contributed by atoms with Crippen molar-refractivity contribution >= 4 is 5.69 Å². The van der Waals surface area contributed by atoms with E-state index in [1.165, 1.54) is 0 Å². The summed E-state index contributed by atoms with van der Waals surface area (Å²) in [5.41, 5.74) is 2.11. The van der Waals surface area contributed by atoms with Gasteiger partial charge in [0.2, 0.25) is 0 Å². The SMILES string of the molecule is Cc1ccccc1OCC(O)CN1CCOc2ccccc21. The van der Waals surface area contributed by atoms with Crippen molar-refractivity contribution in [2.24, 2.45) is 0 Å². The average molecular weight is 299 g/mol. The molecular formula is C18H21NO3. The molecule has 0 saturated heterocycles. The van der Waals surface area contributed by atoms with Crippen LogP contribution in [0.15, 0.2) is 48.5 Å². The first-order valence-corrected chi connectivity index (χ1v) is 7.57. The first kappa shape index (κ1) is 14.7. The van der Waals surface area contributed by atoms with Crippen molar-refractivity contribution in [1.82, 2.24) is 0 Å². The van der Waals surface area contributed by atoms with Crippen LogP contribution < -0.4 is 14.4 Å². The standard InChI is InChI=1S/C18H21NO3/c1-14-6-2-4-8-17(14)22-13-15(20)12-19-10-11-21-18-9-5-3-7-16(18)19/h2-9,15,20H,10-13H2,1H3. The van der Waals surface area contributed by atoms with Crippen LogP contribution in [0.25, 0.3) is 0 Å². The molecule has 3 rings (SSSR count). The van der Waals surface area contributed by atoms with Crippen molar-refractivity contribution < 1.29 is 14.6 Å². The lowest BCUT2D eigenvalue weighted by atomic mass is 10.2. The monoisotopic (exact) mass is 299 g/mol. The predicted molar refractivity (Wildman–Crippen MR) is 86.8 cm³/mol.